The maximum Gasteiger partial charge on any atom is 0.0417 e. The highest BCUT2D eigenvalue weighted by Crippen LogP contribution is 2.33. The first-order valence-electron chi connectivity index (χ1n) is 6.91. The van der Waals surface area contributed by atoms with Crippen LogP contribution >= 0.6 is 23.4 Å². The zero-order chi connectivity index (χ0) is 12.8. The molecule has 1 aromatic rings. The predicted molar refractivity (Wildman–Crippen MR) is 81.5 cm³/mol. The number of benzene rings is 1. The molecule has 0 saturated heterocycles. The minimum Gasteiger partial charge on any atom is -0.313 e. The van der Waals surface area contributed by atoms with Gasteiger partial charge in [-0.15, -0.1) is 11.8 Å². The summed E-state index contributed by atoms with van der Waals surface area (Å²) in [7, 11) is 0. The summed E-state index contributed by atoms with van der Waals surface area (Å²) in [6.07, 6.45) is 5.67. The normalized spacial score (nSPS) is 16.3. The Kier molecular flexibility index (Phi) is 5.87. The molecule has 0 radical (unpaired) electrons. The average molecular weight is 284 g/mol. The summed E-state index contributed by atoms with van der Waals surface area (Å²) in [4.78, 5) is 1.36. The Morgan fingerprint density at radius 1 is 1.33 bits per heavy atom. The van der Waals surface area contributed by atoms with E-state index in [1.54, 1.807) is 0 Å². The minimum atomic E-state index is 0.851. The molecule has 0 bridgehead atoms. The van der Waals surface area contributed by atoms with Crippen molar-refractivity contribution in [2.75, 3.05) is 12.3 Å². The lowest BCUT2D eigenvalue weighted by atomic mass is 10.1. The number of rotatable bonds is 6. The molecule has 0 spiro atoms. The van der Waals surface area contributed by atoms with E-state index in [1.165, 1.54) is 41.9 Å². The standard InChI is InChI=1S/C15H22ClNS/c1-2-17-10-13-7-8-14(16)9-15(13)18-11-12-5-3-4-6-12/h7-9,12,17H,2-6,10-11H2,1H3. The average Bonchev–Trinajstić information content (AvgIpc) is 2.88. The minimum absolute atomic E-state index is 0.851. The molecule has 100 valence electrons. The van der Waals surface area contributed by atoms with Gasteiger partial charge in [-0.1, -0.05) is 37.4 Å². The van der Waals surface area contributed by atoms with Gasteiger partial charge < -0.3 is 5.32 Å². The Hall–Kier alpha value is -0.180. The van der Waals surface area contributed by atoms with Crippen molar-refractivity contribution in [2.45, 2.75) is 44.0 Å². The van der Waals surface area contributed by atoms with Gasteiger partial charge in [0.2, 0.25) is 0 Å². The first-order valence-corrected chi connectivity index (χ1v) is 8.28. The fraction of sp³-hybridized carbons (Fsp3) is 0.600. The van der Waals surface area contributed by atoms with Gasteiger partial charge in [-0.2, -0.15) is 0 Å². The van der Waals surface area contributed by atoms with Crippen LogP contribution in [0, 0.1) is 5.92 Å². The largest absolute Gasteiger partial charge is 0.313 e. The van der Waals surface area contributed by atoms with Gasteiger partial charge >= 0.3 is 0 Å². The van der Waals surface area contributed by atoms with Crippen LogP contribution in [0.5, 0.6) is 0 Å². The van der Waals surface area contributed by atoms with Crippen molar-refractivity contribution < 1.29 is 0 Å². The topological polar surface area (TPSA) is 12.0 Å². The van der Waals surface area contributed by atoms with E-state index in [-0.39, 0.29) is 0 Å². The highest BCUT2D eigenvalue weighted by Gasteiger charge is 2.15. The number of thioether (sulfide) groups is 1. The van der Waals surface area contributed by atoms with Crippen molar-refractivity contribution in [1.82, 2.24) is 5.32 Å². The molecule has 3 heteroatoms. The van der Waals surface area contributed by atoms with E-state index < -0.39 is 0 Å². The van der Waals surface area contributed by atoms with Crippen LogP contribution in [-0.4, -0.2) is 12.3 Å². The summed E-state index contributed by atoms with van der Waals surface area (Å²) in [6, 6.07) is 6.27. The Morgan fingerprint density at radius 2 is 2.11 bits per heavy atom. The Balaban J connectivity index is 1.97. The van der Waals surface area contributed by atoms with Gasteiger partial charge in [0.25, 0.3) is 0 Å². The van der Waals surface area contributed by atoms with E-state index in [0.717, 1.165) is 24.0 Å². The maximum atomic E-state index is 6.11. The summed E-state index contributed by atoms with van der Waals surface area (Å²) in [5, 5.41) is 4.25. The zero-order valence-electron chi connectivity index (χ0n) is 11.0. The first kappa shape index (κ1) is 14.2. The van der Waals surface area contributed by atoms with Crippen molar-refractivity contribution in [2.24, 2.45) is 5.92 Å². The summed E-state index contributed by atoms with van der Waals surface area (Å²) < 4.78 is 0. The van der Waals surface area contributed by atoms with Gasteiger partial charge in [0.15, 0.2) is 0 Å². The smallest absolute Gasteiger partial charge is 0.0417 e. The Bertz CT molecular complexity index is 375. The lowest BCUT2D eigenvalue weighted by Gasteiger charge is -2.13. The summed E-state index contributed by atoms with van der Waals surface area (Å²) in [5.74, 6) is 2.17. The third kappa shape index (κ3) is 4.18. The molecule has 1 aliphatic rings. The fourth-order valence-electron chi connectivity index (χ4n) is 2.45. The van der Waals surface area contributed by atoms with Crippen molar-refractivity contribution in [3.63, 3.8) is 0 Å². The van der Waals surface area contributed by atoms with Crippen LogP contribution in [-0.2, 0) is 6.54 Å². The van der Waals surface area contributed by atoms with Gasteiger partial charge in [0, 0.05) is 22.2 Å². The molecule has 0 atom stereocenters. The molecule has 18 heavy (non-hydrogen) atoms. The highest BCUT2D eigenvalue weighted by atomic mass is 35.5. The number of nitrogens with one attached hydrogen (secondary N) is 1. The van der Waals surface area contributed by atoms with Crippen LogP contribution in [0.25, 0.3) is 0 Å². The van der Waals surface area contributed by atoms with E-state index in [4.69, 9.17) is 11.6 Å². The van der Waals surface area contributed by atoms with Crippen molar-refractivity contribution in [3.8, 4) is 0 Å². The Labute approximate surface area is 120 Å². The maximum absolute atomic E-state index is 6.11. The lowest BCUT2D eigenvalue weighted by Crippen LogP contribution is -2.12. The molecule has 0 heterocycles. The van der Waals surface area contributed by atoms with Crippen LogP contribution in [0.3, 0.4) is 0 Å². The monoisotopic (exact) mass is 283 g/mol. The fourth-order valence-corrected chi connectivity index (χ4v) is 3.97. The van der Waals surface area contributed by atoms with Crippen LogP contribution in [0.15, 0.2) is 23.1 Å². The predicted octanol–water partition coefficient (Wildman–Crippen LogP) is 4.73. The van der Waals surface area contributed by atoms with Gasteiger partial charge in [0.1, 0.15) is 0 Å². The van der Waals surface area contributed by atoms with E-state index >= 15 is 0 Å². The SMILES string of the molecule is CCNCc1ccc(Cl)cc1SCC1CCCC1. The second-order valence-electron chi connectivity index (χ2n) is 4.99. The first-order chi connectivity index (χ1) is 8.79. The molecule has 1 fully saturated rings. The van der Waals surface area contributed by atoms with Crippen molar-refractivity contribution in [3.05, 3.63) is 28.8 Å². The van der Waals surface area contributed by atoms with Crippen LogP contribution in [0.1, 0.15) is 38.2 Å². The zero-order valence-corrected chi connectivity index (χ0v) is 12.6. The molecule has 0 unspecified atom stereocenters. The molecule has 1 nitrogen and oxygen atoms in total. The second kappa shape index (κ2) is 7.42. The third-order valence-electron chi connectivity index (χ3n) is 3.54. The quantitative estimate of drug-likeness (QED) is 0.758. The molecule has 2 rings (SSSR count). The molecule has 1 aromatic carbocycles. The van der Waals surface area contributed by atoms with Crippen LogP contribution in [0.2, 0.25) is 5.02 Å². The summed E-state index contributed by atoms with van der Waals surface area (Å²) >= 11 is 8.10. The van der Waals surface area contributed by atoms with Crippen molar-refractivity contribution in [1.29, 1.82) is 0 Å². The number of halogens is 1. The van der Waals surface area contributed by atoms with E-state index in [0.29, 0.717) is 0 Å². The van der Waals surface area contributed by atoms with E-state index in [1.807, 2.05) is 17.8 Å². The lowest BCUT2D eigenvalue weighted by molar-refractivity contribution is 0.623. The molecule has 0 aliphatic heterocycles. The van der Waals surface area contributed by atoms with Gasteiger partial charge in [-0.25, -0.2) is 0 Å². The molecular weight excluding hydrogens is 262 g/mol. The second-order valence-corrected chi connectivity index (χ2v) is 6.49. The van der Waals surface area contributed by atoms with E-state index in [2.05, 4.69) is 24.4 Å². The molecule has 1 saturated carbocycles. The van der Waals surface area contributed by atoms with Gasteiger partial charge in [-0.3, -0.25) is 0 Å². The molecular formula is C15H22ClNS. The van der Waals surface area contributed by atoms with Crippen LogP contribution < -0.4 is 5.32 Å². The molecule has 1 N–H and O–H groups in total. The van der Waals surface area contributed by atoms with Gasteiger partial charge in [0.05, 0.1) is 0 Å². The Morgan fingerprint density at radius 3 is 2.83 bits per heavy atom. The number of hydrogen-bond acceptors (Lipinski definition) is 2. The van der Waals surface area contributed by atoms with Crippen molar-refractivity contribution >= 4 is 23.4 Å². The van der Waals surface area contributed by atoms with Gasteiger partial charge in [-0.05, 0) is 43.0 Å². The molecule has 0 aromatic heterocycles. The van der Waals surface area contributed by atoms with Crippen LogP contribution in [0.4, 0.5) is 0 Å². The summed E-state index contributed by atoms with van der Waals surface area (Å²) in [5.41, 5.74) is 1.38. The van der Waals surface area contributed by atoms with E-state index in [9.17, 15) is 0 Å². The third-order valence-corrected chi connectivity index (χ3v) is 5.11. The highest BCUT2D eigenvalue weighted by molar-refractivity contribution is 7.99. The number of hydrogen-bond donors (Lipinski definition) is 1. The molecule has 0 amide bonds. The summed E-state index contributed by atoms with van der Waals surface area (Å²) in [6.45, 7) is 4.09. The molecule has 1 aliphatic carbocycles.